The molecule has 8 nitrogen and oxygen atoms in total. The van der Waals surface area contributed by atoms with Gasteiger partial charge >= 0.3 is 5.69 Å². The van der Waals surface area contributed by atoms with Crippen LogP contribution in [-0.4, -0.2) is 25.8 Å². The predicted octanol–water partition coefficient (Wildman–Crippen LogP) is 2.69. The van der Waals surface area contributed by atoms with Gasteiger partial charge in [-0.15, -0.1) is 0 Å². The number of nitrogens with zero attached hydrogens (tertiary/aromatic N) is 1. The zero-order chi connectivity index (χ0) is 19.3. The van der Waals surface area contributed by atoms with Gasteiger partial charge < -0.3 is 5.32 Å². The molecule has 11 heteroatoms. The van der Waals surface area contributed by atoms with Gasteiger partial charge in [-0.25, -0.2) is 13.1 Å². The van der Waals surface area contributed by atoms with Crippen LogP contribution >= 0.6 is 11.6 Å². The molecule has 2 aromatic rings. The van der Waals surface area contributed by atoms with Crippen molar-refractivity contribution in [2.24, 2.45) is 0 Å². The van der Waals surface area contributed by atoms with Gasteiger partial charge in [0, 0.05) is 29.7 Å². The third-order valence-corrected chi connectivity index (χ3v) is 4.92. The number of nitro benzene ring substituents is 1. The van der Waals surface area contributed by atoms with E-state index in [-0.39, 0.29) is 23.5 Å². The fraction of sp³-hybridized carbons (Fsp3) is 0.133. The minimum Gasteiger partial charge on any atom is -0.326 e. The van der Waals surface area contributed by atoms with E-state index in [4.69, 9.17) is 11.6 Å². The first-order valence-corrected chi connectivity index (χ1v) is 9.04. The molecule has 0 unspecified atom stereocenters. The average molecular weight is 402 g/mol. The molecule has 0 radical (unpaired) electrons. The molecule has 0 spiro atoms. The predicted molar refractivity (Wildman–Crippen MR) is 92.9 cm³/mol. The number of benzene rings is 2. The molecule has 0 fully saturated rings. The third-order valence-electron chi connectivity index (χ3n) is 3.19. The van der Waals surface area contributed by atoms with Crippen LogP contribution in [0.5, 0.6) is 0 Å². The number of carbonyl (C=O) groups is 1. The molecule has 0 atom stereocenters. The van der Waals surface area contributed by atoms with Crippen LogP contribution in [0.4, 0.5) is 15.8 Å². The number of hydrogen-bond acceptors (Lipinski definition) is 5. The number of sulfonamides is 1. The Bertz CT molecular complexity index is 935. The second-order valence-corrected chi connectivity index (χ2v) is 7.28. The lowest BCUT2D eigenvalue weighted by atomic mass is 10.2. The van der Waals surface area contributed by atoms with Gasteiger partial charge in [-0.05, 0) is 36.4 Å². The molecule has 26 heavy (non-hydrogen) atoms. The van der Waals surface area contributed by atoms with Crippen LogP contribution in [0.2, 0.25) is 5.02 Å². The van der Waals surface area contributed by atoms with Crippen molar-refractivity contribution < 1.29 is 22.5 Å². The highest BCUT2D eigenvalue weighted by Crippen LogP contribution is 2.21. The highest BCUT2D eigenvalue weighted by atomic mass is 35.5. The monoisotopic (exact) mass is 401 g/mol. The third kappa shape index (κ3) is 5.22. The van der Waals surface area contributed by atoms with Crippen molar-refractivity contribution in [1.82, 2.24) is 4.72 Å². The van der Waals surface area contributed by atoms with Crippen molar-refractivity contribution in [3.05, 3.63) is 63.4 Å². The maximum atomic E-state index is 13.2. The fourth-order valence-corrected chi connectivity index (χ4v) is 3.11. The summed E-state index contributed by atoms with van der Waals surface area (Å²) in [4.78, 5) is 21.6. The minimum atomic E-state index is -3.80. The minimum absolute atomic E-state index is 0.00327. The maximum absolute atomic E-state index is 13.2. The summed E-state index contributed by atoms with van der Waals surface area (Å²) in [5, 5.41) is 13.4. The lowest BCUT2D eigenvalue weighted by Crippen LogP contribution is -2.27. The number of nitrogens with one attached hydrogen (secondary N) is 2. The summed E-state index contributed by atoms with van der Waals surface area (Å²) in [6.45, 7) is -0.194. The van der Waals surface area contributed by atoms with Crippen LogP contribution < -0.4 is 10.0 Å². The normalized spacial score (nSPS) is 11.2. The van der Waals surface area contributed by atoms with Crippen LogP contribution in [0, 0.1) is 15.9 Å². The van der Waals surface area contributed by atoms with Crippen LogP contribution in [0.3, 0.4) is 0 Å². The van der Waals surface area contributed by atoms with E-state index in [2.05, 4.69) is 10.0 Å². The number of carbonyl (C=O) groups excluding carboxylic acids is 1. The molecule has 0 aliphatic heterocycles. The highest BCUT2D eigenvalue weighted by molar-refractivity contribution is 7.89. The topological polar surface area (TPSA) is 118 Å². The molecule has 138 valence electrons. The summed E-state index contributed by atoms with van der Waals surface area (Å²) in [6, 6.07) is 8.39. The number of amides is 1. The Balaban J connectivity index is 1.92. The van der Waals surface area contributed by atoms with E-state index in [1.807, 2.05) is 0 Å². The Hall–Kier alpha value is -2.56. The highest BCUT2D eigenvalue weighted by Gasteiger charge is 2.16. The largest absolute Gasteiger partial charge is 0.326 e. The summed E-state index contributed by atoms with van der Waals surface area (Å²) in [7, 11) is -3.80. The Labute approximate surface area is 153 Å². The van der Waals surface area contributed by atoms with E-state index in [9.17, 15) is 27.7 Å². The Morgan fingerprint density at radius 2 is 1.85 bits per heavy atom. The summed E-state index contributed by atoms with van der Waals surface area (Å²) < 4.78 is 39.6. The van der Waals surface area contributed by atoms with Crippen molar-refractivity contribution in [2.75, 3.05) is 11.9 Å². The van der Waals surface area contributed by atoms with Crippen LogP contribution in [0.25, 0.3) is 0 Å². The van der Waals surface area contributed by atoms with Gasteiger partial charge in [0.1, 0.15) is 0 Å². The second-order valence-electron chi connectivity index (χ2n) is 5.07. The van der Waals surface area contributed by atoms with E-state index < -0.39 is 32.4 Å². The first-order valence-electron chi connectivity index (χ1n) is 7.18. The molecule has 2 N–H and O–H groups in total. The molecular weight excluding hydrogens is 389 g/mol. The molecular formula is C15H13ClFN3O5S. The molecule has 0 bridgehead atoms. The number of halogens is 2. The van der Waals surface area contributed by atoms with Crippen molar-refractivity contribution in [3.8, 4) is 0 Å². The zero-order valence-electron chi connectivity index (χ0n) is 13.1. The molecule has 0 saturated heterocycles. The smallest absolute Gasteiger partial charge is 0.306 e. The van der Waals surface area contributed by atoms with Gasteiger partial charge in [-0.3, -0.25) is 14.9 Å². The van der Waals surface area contributed by atoms with E-state index in [0.717, 1.165) is 18.2 Å². The fourth-order valence-electron chi connectivity index (χ4n) is 1.95. The summed E-state index contributed by atoms with van der Waals surface area (Å²) in [5.41, 5.74) is -0.741. The van der Waals surface area contributed by atoms with Crippen molar-refractivity contribution in [1.29, 1.82) is 0 Å². The molecule has 1 amide bonds. The standard InChI is InChI=1S/C15H13ClFN3O5S/c16-10-1-4-12(5-2-10)26(24,25)18-8-7-15(21)19-11-3-6-13(17)14(9-11)20(22)23/h1-6,9,18H,7-8H2,(H,19,21). The van der Waals surface area contributed by atoms with Gasteiger partial charge in [-0.1, -0.05) is 11.6 Å². The molecule has 0 heterocycles. The summed E-state index contributed by atoms with van der Waals surface area (Å²) >= 11 is 5.69. The van der Waals surface area contributed by atoms with Crippen LogP contribution in [0.15, 0.2) is 47.4 Å². The lowest BCUT2D eigenvalue weighted by molar-refractivity contribution is -0.387. The summed E-state index contributed by atoms with van der Waals surface area (Å²) in [5.74, 6) is -1.62. The molecule has 0 saturated carbocycles. The summed E-state index contributed by atoms with van der Waals surface area (Å²) in [6.07, 6.45) is -0.224. The van der Waals surface area contributed by atoms with Gasteiger partial charge in [0.15, 0.2) is 0 Å². The van der Waals surface area contributed by atoms with E-state index in [0.29, 0.717) is 5.02 Å². The first kappa shape index (κ1) is 19.8. The maximum Gasteiger partial charge on any atom is 0.306 e. The Morgan fingerprint density at radius 1 is 1.19 bits per heavy atom. The number of nitro groups is 1. The van der Waals surface area contributed by atoms with Gasteiger partial charge in [0.2, 0.25) is 21.7 Å². The van der Waals surface area contributed by atoms with Gasteiger partial charge in [0.05, 0.1) is 9.82 Å². The van der Waals surface area contributed by atoms with E-state index in [1.165, 1.54) is 24.3 Å². The quantitative estimate of drug-likeness (QED) is 0.546. The number of hydrogen-bond donors (Lipinski definition) is 2. The van der Waals surface area contributed by atoms with Gasteiger partial charge in [-0.2, -0.15) is 4.39 Å². The lowest BCUT2D eigenvalue weighted by Gasteiger charge is -2.08. The number of rotatable bonds is 7. The number of anilines is 1. The molecule has 2 rings (SSSR count). The Kier molecular flexibility index (Phi) is 6.24. The van der Waals surface area contributed by atoms with Gasteiger partial charge in [0.25, 0.3) is 0 Å². The van der Waals surface area contributed by atoms with Crippen LogP contribution in [-0.2, 0) is 14.8 Å². The zero-order valence-corrected chi connectivity index (χ0v) is 14.7. The molecule has 0 aromatic heterocycles. The second kappa shape index (κ2) is 8.21. The average Bonchev–Trinajstić information content (AvgIpc) is 2.56. The first-order chi connectivity index (χ1) is 12.2. The molecule has 0 aliphatic rings. The molecule has 0 aliphatic carbocycles. The van der Waals surface area contributed by atoms with Crippen molar-refractivity contribution in [3.63, 3.8) is 0 Å². The van der Waals surface area contributed by atoms with Crippen molar-refractivity contribution in [2.45, 2.75) is 11.3 Å². The van der Waals surface area contributed by atoms with E-state index in [1.54, 1.807) is 0 Å². The Morgan fingerprint density at radius 3 is 2.46 bits per heavy atom. The molecule has 2 aromatic carbocycles. The van der Waals surface area contributed by atoms with E-state index >= 15 is 0 Å². The van der Waals surface area contributed by atoms with Crippen LogP contribution in [0.1, 0.15) is 6.42 Å². The van der Waals surface area contributed by atoms with Crippen molar-refractivity contribution >= 4 is 38.9 Å². The SMILES string of the molecule is O=C(CCNS(=O)(=O)c1ccc(Cl)cc1)Nc1ccc(F)c([N+](=O)[O-])c1.